The van der Waals surface area contributed by atoms with Crippen LogP contribution < -0.4 is 0 Å². The fourth-order valence-electron chi connectivity index (χ4n) is 2.24. The molecule has 0 aromatic carbocycles. The molecule has 0 saturated carbocycles. The zero-order chi connectivity index (χ0) is 14.6. The largest absolute Gasteiger partial charge is 0.0654 e. The second-order valence-corrected chi connectivity index (χ2v) is 5.89. The van der Waals surface area contributed by atoms with Crippen molar-refractivity contribution in [2.45, 2.75) is 124 Å². The summed E-state index contributed by atoms with van der Waals surface area (Å²) in [5.41, 5.74) is 0. The van der Waals surface area contributed by atoms with E-state index in [1.165, 1.54) is 96.3 Å². The molecule has 0 saturated heterocycles. The molecule has 19 heavy (non-hydrogen) atoms. The van der Waals surface area contributed by atoms with Crippen LogP contribution in [0, 0.1) is 0 Å². The van der Waals surface area contributed by atoms with E-state index in [1.54, 1.807) is 0 Å². The minimum absolute atomic E-state index is 1.37. The van der Waals surface area contributed by atoms with Gasteiger partial charge in [-0.3, -0.25) is 0 Å². The standard InChI is InChI=1S/C10H22.C9H20/c1-3-5-7-9-10-8-6-4-2;1-3-5-7-9-8-6-4-2/h3-10H2,1-2H3;3-9H2,1-2H3. The van der Waals surface area contributed by atoms with Crippen LogP contribution in [-0.2, 0) is 0 Å². The molecule has 0 bridgehead atoms. The third-order valence-electron chi connectivity index (χ3n) is 3.66. The first kappa shape index (κ1) is 21.3. The van der Waals surface area contributed by atoms with Crippen LogP contribution in [0.1, 0.15) is 124 Å². The summed E-state index contributed by atoms with van der Waals surface area (Å²) < 4.78 is 0. The first-order valence-corrected chi connectivity index (χ1v) is 9.33. The molecule has 0 aliphatic rings. The third-order valence-corrected chi connectivity index (χ3v) is 3.66. The van der Waals surface area contributed by atoms with E-state index in [0.29, 0.717) is 0 Å². The topological polar surface area (TPSA) is 0 Å². The van der Waals surface area contributed by atoms with Crippen LogP contribution >= 0.6 is 0 Å². The molecule has 0 atom stereocenters. The molecular weight excluding hydrogens is 228 g/mol. The van der Waals surface area contributed by atoms with E-state index in [2.05, 4.69) is 27.7 Å². The monoisotopic (exact) mass is 270 g/mol. The van der Waals surface area contributed by atoms with E-state index in [1.807, 2.05) is 0 Å². The molecule has 0 aromatic rings. The normalized spacial score (nSPS) is 10.1. The highest BCUT2D eigenvalue weighted by molar-refractivity contribution is 4.43. The molecule has 0 N–H and O–H groups in total. The van der Waals surface area contributed by atoms with Gasteiger partial charge in [0.25, 0.3) is 0 Å². The Labute approximate surface area is 124 Å². The summed E-state index contributed by atoms with van der Waals surface area (Å²) in [5, 5.41) is 0. The minimum atomic E-state index is 1.37. The van der Waals surface area contributed by atoms with Gasteiger partial charge in [0.1, 0.15) is 0 Å². The molecule has 0 aliphatic carbocycles. The molecule has 0 heteroatoms. The highest BCUT2D eigenvalue weighted by Gasteiger charge is 1.87. The molecule has 0 fully saturated rings. The third kappa shape index (κ3) is 27.3. The van der Waals surface area contributed by atoms with Crippen molar-refractivity contribution in [3.8, 4) is 0 Å². The Morgan fingerprint density at radius 1 is 0.263 bits per heavy atom. The predicted molar refractivity (Wildman–Crippen MR) is 92.0 cm³/mol. The predicted octanol–water partition coefficient (Wildman–Crippen LogP) is 7.90. The molecular formula is C19H42. The van der Waals surface area contributed by atoms with Crippen LogP contribution in [0.4, 0.5) is 0 Å². The molecule has 118 valence electrons. The van der Waals surface area contributed by atoms with Gasteiger partial charge >= 0.3 is 0 Å². The maximum absolute atomic E-state index is 2.27. The van der Waals surface area contributed by atoms with Gasteiger partial charge in [-0.1, -0.05) is 124 Å². The maximum Gasteiger partial charge on any atom is -0.0533 e. The quantitative estimate of drug-likeness (QED) is 0.298. The van der Waals surface area contributed by atoms with E-state index in [4.69, 9.17) is 0 Å². The average Bonchev–Trinajstić information content (AvgIpc) is 2.43. The summed E-state index contributed by atoms with van der Waals surface area (Å²) in [4.78, 5) is 0. The van der Waals surface area contributed by atoms with E-state index in [-0.39, 0.29) is 0 Å². The van der Waals surface area contributed by atoms with Gasteiger partial charge in [0.15, 0.2) is 0 Å². The van der Waals surface area contributed by atoms with Gasteiger partial charge in [0.05, 0.1) is 0 Å². The fourth-order valence-corrected chi connectivity index (χ4v) is 2.24. The van der Waals surface area contributed by atoms with Gasteiger partial charge in [-0.05, 0) is 0 Å². The van der Waals surface area contributed by atoms with Crippen molar-refractivity contribution < 1.29 is 0 Å². The van der Waals surface area contributed by atoms with Gasteiger partial charge in [0.2, 0.25) is 0 Å². The summed E-state index contributed by atoms with van der Waals surface area (Å²) in [5.74, 6) is 0. The van der Waals surface area contributed by atoms with Gasteiger partial charge in [-0.2, -0.15) is 0 Å². The lowest BCUT2D eigenvalue weighted by atomic mass is 10.1. The van der Waals surface area contributed by atoms with Gasteiger partial charge in [-0.25, -0.2) is 0 Å². The Kier molecular flexibility index (Phi) is 25.9. The highest BCUT2D eigenvalue weighted by atomic mass is 13.9. The van der Waals surface area contributed by atoms with Crippen molar-refractivity contribution in [2.24, 2.45) is 0 Å². The van der Waals surface area contributed by atoms with Crippen LogP contribution in [0.5, 0.6) is 0 Å². The summed E-state index contributed by atoms with van der Waals surface area (Å²) in [7, 11) is 0. The van der Waals surface area contributed by atoms with Crippen molar-refractivity contribution in [1.29, 1.82) is 0 Å². The van der Waals surface area contributed by atoms with Gasteiger partial charge in [-0.15, -0.1) is 0 Å². The molecule has 0 heterocycles. The molecule has 0 rings (SSSR count). The Morgan fingerprint density at radius 2 is 0.421 bits per heavy atom. The summed E-state index contributed by atoms with van der Waals surface area (Å²) in [6.45, 7) is 9.07. The van der Waals surface area contributed by atoms with E-state index >= 15 is 0 Å². The second kappa shape index (κ2) is 23.1. The van der Waals surface area contributed by atoms with Crippen molar-refractivity contribution in [1.82, 2.24) is 0 Å². The smallest absolute Gasteiger partial charge is 0.0533 e. The number of rotatable bonds is 13. The summed E-state index contributed by atoms with van der Waals surface area (Å²) >= 11 is 0. The Bertz CT molecular complexity index is 103. The van der Waals surface area contributed by atoms with E-state index in [0.717, 1.165) is 0 Å². The molecule has 0 nitrogen and oxygen atoms in total. The Balaban J connectivity index is 0. The number of hydrogen-bond donors (Lipinski definition) is 0. The fraction of sp³-hybridized carbons (Fsp3) is 1.00. The lowest BCUT2D eigenvalue weighted by molar-refractivity contribution is 0.585. The Hall–Kier alpha value is 0. The highest BCUT2D eigenvalue weighted by Crippen LogP contribution is 2.07. The van der Waals surface area contributed by atoms with Crippen LogP contribution in [0.2, 0.25) is 0 Å². The van der Waals surface area contributed by atoms with Crippen LogP contribution in [0.3, 0.4) is 0 Å². The van der Waals surface area contributed by atoms with Gasteiger partial charge < -0.3 is 0 Å². The molecule has 0 aromatic heterocycles. The lowest BCUT2D eigenvalue weighted by Gasteiger charge is -1.97. The molecule has 0 unspecified atom stereocenters. The maximum atomic E-state index is 2.27. The van der Waals surface area contributed by atoms with Crippen LogP contribution in [0.25, 0.3) is 0 Å². The zero-order valence-electron chi connectivity index (χ0n) is 14.6. The molecule has 0 amide bonds. The molecule has 0 aliphatic heterocycles. The van der Waals surface area contributed by atoms with Crippen molar-refractivity contribution >= 4 is 0 Å². The summed E-state index contributed by atoms with van der Waals surface area (Å²) in [6, 6.07) is 0. The van der Waals surface area contributed by atoms with E-state index in [9.17, 15) is 0 Å². The van der Waals surface area contributed by atoms with Gasteiger partial charge in [0, 0.05) is 0 Å². The lowest BCUT2D eigenvalue weighted by Crippen LogP contribution is -1.77. The van der Waals surface area contributed by atoms with Crippen molar-refractivity contribution in [3.63, 3.8) is 0 Å². The van der Waals surface area contributed by atoms with Crippen LogP contribution in [0.15, 0.2) is 0 Å². The Morgan fingerprint density at radius 3 is 0.579 bits per heavy atom. The van der Waals surface area contributed by atoms with E-state index < -0.39 is 0 Å². The number of unbranched alkanes of at least 4 members (excludes halogenated alkanes) is 13. The van der Waals surface area contributed by atoms with Crippen molar-refractivity contribution in [3.05, 3.63) is 0 Å². The first-order valence-electron chi connectivity index (χ1n) is 9.33. The molecule has 0 radical (unpaired) electrons. The second-order valence-electron chi connectivity index (χ2n) is 5.89. The average molecular weight is 271 g/mol. The molecule has 0 spiro atoms. The van der Waals surface area contributed by atoms with Crippen LogP contribution in [-0.4, -0.2) is 0 Å². The van der Waals surface area contributed by atoms with Crippen molar-refractivity contribution in [2.75, 3.05) is 0 Å². The minimum Gasteiger partial charge on any atom is -0.0654 e. The first-order chi connectivity index (χ1) is 9.33. The zero-order valence-corrected chi connectivity index (χ0v) is 14.6. The SMILES string of the molecule is CCCCCCCCC.CCCCCCCCCC. The number of hydrogen-bond acceptors (Lipinski definition) is 0. The summed E-state index contributed by atoms with van der Waals surface area (Å²) in [6.07, 6.45) is 21.4.